The monoisotopic (exact) mass is 215 g/mol. The van der Waals surface area contributed by atoms with Gasteiger partial charge in [0.25, 0.3) is 0 Å². The number of benzene rings is 2. The van der Waals surface area contributed by atoms with Crippen molar-refractivity contribution in [2.75, 3.05) is 0 Å². The molecule has 0 aliphatic rings. The summed E-state index contributed by atoms with van der Waals surface area (Å²) in [5, 5.41) is 0. The van der Waals surface area contributed by atoms with Crippen LogP contribution in [0.3, 0.4) is 0 Å². The minimum Gasteiger partial charge on any atom is -0.326 e. The van der Waals surface area contributed by atoms with Gasteiger partial charge in [0.1, 0.15) is 5.82 Å². The molecule has 0 amide bonds. The van der Waals surface area contributed by atoms with Gasteiger partial charge in [0.2, 0.25) is 0 Å². The fourth-order valence-electron chi connectivity index (χ4n) is 1.71. The van der Waals surface area contributed by atoms with Crippen LogP contribution in [-0.4, -0.2) is 0 Å². The Bertz CT molecular complexity index is 489. The van der Waals surface area contributed by atoms with Gasteiger partial charge in [0, 0.05) is 6.54 Å². The summed E-state index contributed by atoms with van der Waals surface area (Å²) < 4.78 is 12.8. The fraction of sp³-hybridized carbons (Fsp3) is 0.143. The standard InChI is InChI=1S/C14H14FN/c1-10-2-3-12(8-13(10)9-16)11-4-6-14(15)7-5-11/h2-8H,9,16H2,1H3. The van der Waals surface area contributed by atoms with Gasteiger partial charge in [-0.1, -0.05) is 24.3 Å². The zero-order valence-electron chi connectivity index (χ0n) is 9.20. The van der Waals surface area contributed by atoms with E-state index in [4.69, 9.17) is 5.73 Å². The van der Waals surface area contributed by atoms with Crippen LogP contribution in [0, 0.1) is 12.7 Å². The summed E-state index contributed by atoms with van der Waals surface area (Å²) in [5.41, 5.74) is 10.1. The first-order valence-electron chi connectivity index (χ1n) is 5.26. The molecule has 0 aliphatic heterocycles. The summed E-state index contributed by atoms with van der Waals surface area (Å²) in [6.45, 7) is 2.57. The molecule has 0 spiro atoms. The molecule has 0 aliphatic carbocycles. The summed E-state index contributed by atoms with van der Waals surface area (Å²) >= 11 is 0. The molecule has 82 valence electrons. The Hall–Kier alpha value is -1.67. The van der Waals surface area contributed by atoms with Gasteiger partial charge in [-0.2, -0.15) is 0 Å². The minimum absolute atomic E-state index is 0.213. The van der Waals surface area contributed by atoms with Crippen molar-refractivity contribution in [1.82, 2.24) is 0 Å². The Balaban J connectivity index is 2.44. The third-order valence-corrected chi connectivity index (χ3v) is 2.75. The highest BCUT2D eigenvalue weighted by Gasteiger charge is 2.01. The van der Waals surface area contributed by atoms with E-state index in [0.717, 1.165) is 16.7 Å². The summed E-state index contributed by atoms with van der Waals surface area (Å²) in [6.07, 6.45) is 0. The smallest absolute Gasteiger partial charge is 0.123 e. The number of aryl methyl sites for hydroxylation is 1. The first kappa shape index (κ1) is 10.8. The molecule has 0 radical (unpaired) electrons. The number of halogens is 1. The lowest BCUT2D eigenvalue weighted by Crippen LogP contribution is -1.99. The molecule has 2 heteroatoms. The summed E-state index contributed by atoms with van der Waals surface area (Å²) in [4.78, 5) is 0. The molecule has 2 N–H and O–H groups in total. The average Bonchev–Trinajstić information content (AvgIpc) is 2.31. The number of hydrogen-bond donors (Lipinski definition) is 1. The van der Waals surface area contributed by atoms with Gasteiger partial charge in [-0.15, -0.1) is 0 Å². The van der Waals surface area contributed by atoms with Crippen molar-refractivity contribution in [3.05, 3.63) is 59.4 Å². The van der Waals surface area contributed by atoms with Gasteiger partial charge in [-0.25, -0.2) is 4.39 Å². The van der Waals surface area contributed by atoms with E-state index in [1.807, 2.05) is 19.1 Å². The lowest BCUT2D eigenvalue weighted by molar-refractivity contribution is 0.628. The SMILES string of the molecule is Cc1ccc(-c2ccc(F)cc2)cc1CN. The van der Waals surface area contributed by atoms with Crippen LogP contribution in [0.15, 0.2) is 42.5 Å². The quantitative estimate of drug-likeness (QED) is 0.817. The first-order chi connectivity index (χ1) is 7.70. The van der Waals surface area contributed by atoms with Crippen LogP contribution in [-0.2, 0) is 6.54 Å². The molecule has 2 aromatic rings. The van der Waals surface area contributed by atoms with Crippen molar-refractivity contribution >= 4 is 0 Å². The van der Waals surface area contributed by atoms with E-state index in [0.29, 0.717) is 6.54 Å². The maximum absolute atomic E-state index is 12.8. The largest absolute Gasteiger partial charge is 0.326 e. The van der Waals surface area contributed by atoms with Crippen LogP contribution in [0.25, 0.3) is 11.1 Å². The Morgan fingerprint density at radius 1 is 1.00 bits per heavy atom. The third-order valence-electron chi connectivity index (χ3n) is 2.75. The van der Waals surface area contributed by atoms with Crippen molar-refractivity contribution < 1.29 is 4.39 Å². The molecular weight excluding hydrogens is 201 g/mol. The van der Waals surface area contributed by atoms with Gasteiger partial charge in [-0.05, 0) is 47.4 Å². The number of hydrogen-bond acceptors (Lipinski definition) is 1. The number of rotatable bonds is 2. The van der Waals surface area contributed by atoms with E-state index in [-0.39, 0.29) is 5.82 Å². The molecule has 0 saturated carbocycles. The van der Waals surface area contributed by atoms with Crippen molar-refractivity contribution in [3.63, 3.8) is 0 Å². The molecule has 0 bridgehead atoms. The van der Waals surface area contributed by atoms with Crippen molar-refractivity contribution in [2.45, 2.75) is 13.5 Å². The normalized spacial score (nSPS) is 10.4. The zero-order chi connectivity index (χ0) is 11.5. The first-order valence-corrected chi connectivity index (χ1v) is 5.26. The van der Waals surface area contributed by atoms with Crippen molar-refractivity contribution in [1.29, 1.82) is 0 Å². The minimum atomic E-state index is -0.213. The molecule has 2 rings (SSSR count). The predicted molar refractivity (Wildman–Crippen MR) is 64.5 cm³/mol. The maximum atomic E-state index is 12.8. The lowest BCUT2D eigenvalue weighted by atomic mass is 10.00. The molecule has 0 saturated heterocycles. The highest BCUT2D eigenvalue weighted by atomic mass is 19.1. The number of nitrogens with two attached hydrogens (primary N) is 1. The Morgan fingerprint density at radius 3 is 2.25 bits per heavy atom. The molecule has 0 atom stereocenters. The van der Waals surface area contributed by atoms with Crippen LogP contribution < -0.4 is 5.73 Å². The summed E-state index contributed by atoms with van der Waals surface area (Å²) in [7, 11) is 0. The molecule has 0 fully saturated rings. The molecule has 16 heavy (non-hydrogen) atoms. The van der Waals surface area contributed by atoms with E-state index < -0.39 is 0 Å². The Morgan fingerprint density at radius 2 is 1.62 bits per heavy atom. The second-order valence-corrected chi connectivity index (χ2v) is 3.85. The summed E-state index contributed by atoms with van der Waals surface area (Å²) in [6, 6.07) is 12.6. The third kappa shape index (κ3) is 2.12. The molecule has 0 unspecified atom stereocenters. The fourth-order valence-corrected chi connectivity index (χ4v) is 1.71. The van der Waals surface area contributed by atoms with E-state index in [2.05, 4.69) is 6.07 Å². The zero-order valence-corrected chi connectivity index (χ0v) is 9.20. The molecule has 0 aromatic heterocycles. The van der Waals surface area contributed by atoms with Gasteiger partial charge < -0.3 is 5.73 Å². The Kier molecular flexibility index (Phi) is 3.02. The van der Waals surface area contributed by atoms with Crippen molar-refractivity contribution in [3.8, 4) is 11.1 Å². The van der Waals surface area contributed by atoms with Crippen LogP contribution in [0.2, 0.25) is 0 Å². The van der Waals surface area contributed by atoms with Crippen LogP contribution in [0.4, 0.5) is 4.39 Å². The lowest BCUT2D eigenvalue weighted by Gasteiger charge is -2.07. The Labute approximate surface area is 94.7 Å². The topological polar surface area (TPSA) is 26.0 Å². The molecule has 0 heterocycles. The summed E-state index contributed by atoms with van der Waals surface area (Å²) in [5.74, 6) is -0.213. The van der Waals surface area contributed by atoms with E-state index in [1.54, 1.807) is 12.1 Å². The van der Waals surface area contributed by atoms with Gasteiger partial charge in [0.15, 0.2) is 0 Å². The van der Waals surface area contributed by atoms with Gasteiger partial charge in [0.05, 0.1) is 0 Å². The highest BCUT2D eigenvalue weighted by Crippen LogP contribution is 2.22. The van der Waals surface area contributed by atoms with E-state index in [9.17, 15) is 4.39 Å². The molecule has 1 nitrogen and oxygen atoms in total. The predicted octanol–water partition coefficient (Wildman–Crippen LogP) is 3.26. The van der Waals surface area contributed by atoms with E-state index >= 15 is 0 Å². The second kappa shape index (κ2) is 4.45. The van der Waals surface area contributed by atoms with Crippen LogP contribution in [0.5, 0.6) is 0 Å². The van der Waals surface area contributed by atoms with Gasteiger partial charge >= 0.3 is 0 Å². The molecule has 2 aromatic carbocycles. The second-order valence-electron chi connectivity index (χ2n) is 3.85. The molecular formula is C14H14FN. The maximum Gasteiger partial charge on any atom is 0.123 e. The highest BCUT2D eigenvalue weighted by molar-refractivity contribution is 5.64. The van der Waals surface area contributed by atoms with Crippen LogP contribution >= 0.6 is 0 Å². The van der Waals surface area contributed by atoms with Crippen molar-refractivity contribution in [2.24, 2.45) is 5.73 Å². The average molecular weight is 215 g/mol. The van der Waals surface area contributed by atoms with E-state index in [1.165, 1.54) is 17.7 Å². The van der Waals surface area contributed by atoms with Gasteiger partial charge in [-0.3, -0.25) is 0 Å². The van der Waals surface area contributed by atoms with Crippen LogP contribution in [0.1, 0.15) is 11.1 Å².